The van der Waals surface area contributed by atoms with Crippen LogP contribution in [0.15, 0.2) is 27.1 Å². The quantitative estimate of drug-likeness (QED) is 0.512. The average molecular weight is 452 g/mol. The molecule has 0 saturated carbocycles. The zero-order valence-electron chi connectivity index (χ0n) is 13.3. The van der Waals surface area contributed by atoms with Crippen molar-refractivity contribution in [3.63, 3.8) is 0 Å². The van der Waals surface area contributed by atoms with Gasteiger partial charge >= 0.3 is 7.12 Å². The molecule has 0 aliphatic heterocycles. The van der Waals surface area contributed by atoms with Crippen LogP contribution in [-0.4, -0.2) is 42.0 Å². The molecule has 0 unspecified atom stereocenters. The van der Waals surface area contributed by atoms with Crippen LogP contribution in [0.2, 0.25) is 0 Å². The fraction of sp³-hybridized carbons (Fsp3) is 0.429. The first-order chi connectivity index (χ1) is 10.6. The summed E-state index contributed by atoms with van der Waals surface area (Å²) in [5.41, 5.74) is 0.393. The van der Waals surface area contributed by atoms with E-state index in [4.69, 9.17) is 10.0 Å². The van der Waals surface area contributed by atoms with Crippen molar-refractivity contribution in [3.05, 3.63) is 32.7 Å². The Kier molecular flexibility index (Phi) is 11.2. The second-order valence-corrected chi connectivity index (χ2v) is 7.09. The van der Waals surface area contributed by atoms with Crippen molar-refractivity contribution in [2.24, 2.45) is 5.92 Å². The van der Waals surface area contributed by atoms with Crippen LogP contribution in [0.1, 0.15) is 31.1 Å². The van der Waals surface area contributed by atoms with Crippen LogP contribution in [0.5, 0.6) is 0 Å². The lowest BCUT2D eigenvalue weighted by atomic mass is 9.92. The van der Waals surface area contributed by atoms with Crippen LogP contribution in [0.4, 0.5) is 0 Å². The SMILES string of the molecule is CC(C)C.O=C(CNC(=O)c1cc(Br)ccc1Br)NCB(O)O. The molecule has 0 heterocycles. The predicted molar refractivity (Wildman–Crippen MR) is 97.9 cm³/mol. The molecule has 128 valence electrons. The largest absolute Gasteiger partial charge is 0.472 e. The van der Waals surface area contributed by atoms with Gasteiger partial charge < -0.3 is 20.7 Å². The van der Waals surface area contributed by atoms with Crippen molar-refractivity contribution >= 4 is 50.8 Å². The normalized spacial score (nSPS) is 9.74. The first-order valence-electron chi connectivity index (χ1n) is 6.99. The summed E-state index contributed by atoms with van der Waals surface area (Å²) in [7, 11) is -1.61. The molecule has 0 saturated heterocycles. The van der Waals surface area contributed by atoms with E-state index >= 15 is 0 Å². The summed E-state index contributed by atoms with van der Waals surface area (Å²) in [6.07, 6.45) is -0.282. The highest BCUT2D eigenvalue weighted by Gasteiger charge is 2.13. The molecule has 0 radical (unpaired) electrons. The molecule has 0 fully saturated rings. The molecular weight excluding hydrogens is 431 g/mol. The van der Waals surface area contributed by atoms with Gasteiger partial charge in [0.1, 0.15) is 0 Å². The summed E-state index contributed by atoms with van der Waals surface area (Å²) in [5, 5.41) is 21.8. The zero-order chi connectivity index (χ0) is 18.0. The average Bonchev–Trinajstić information content (AvgIpc) is 2.44. The first-order valence-corrected chi connectivity index (χ1v) is 8.58. The van der Waals surface area contributed by atoms with Crippen molar-refractivity contribution in [3.8, 4) is 0 Å². The van der Waals surface area contributed by atoms with E-state index in [1.165, 1.54) is 0 Å². The molecule has 0 atom stereocenters. The minimum atomic E-state index is -1.61. The molecule has 0 aliphatic carbocycles. The summed E-state index contributed by atoms with van der Waals surface area (Å²) in [5.74, 6) is -0.0829. The van der Waals surface area contributed by atoms with Gasteiger partial charge in [-0.2, -0.15) is 0 Å². The van der Waals surface area contributed by atoms with E-state index in [0.29, 0.717) is 10.0 Å². The minimum Gasteiger partial charge on any atom is -0.426 e. The van der Waals surface area contributed by atoms with Crippen molar-refractivity contribution in [2.75, 3.05) is 13.0 Å². The fourth-order valence-electron chi connectivity index (χ4n) is 1.19. The van der Waals surface area contributed by atoms with E-state index in [1.807, 2.05) is 0 Å². The molecular formula is C14H21BBr2N2O4. The number of carbonyl (C=O) groups is 2. The van der Waals surface area contributed by atoms with Crippen molar-refractivity contribution < 1.29 is 19.6 Å². The Morgan fingerprint density at radius 2 is 1.74 bits per heavy atom. The molecule has 0 bridgehead atoms. The summed E-state index contributed by atoms with van der Waals surface area (Å²) < 4.78 is 1.35. The Morgan fingerprint density at radius 3 is 2.26 bits per heavy atom. The molecule has 1 rings (SSSR count). The number of halogens is 2. The standard InChI is InChI=1S/C10H11BBr2N2O4.C4H10/c12-6-1-2-8(13)7(3-6)10(17)14-4-9(16)15-5-11(18)19;1-4(2)3/h1-3,18-19H,4-5H2,(H,14,17)(H,15,16);4H,1-3H3. The van der Waals surface area contributed by atoms with Gasteiger partial charge in [-0.05, 0) is 40.0 Å². The highest BCUT2D eigenvalue weighted by Crippen LogP contribution is 2.21. The van der Waals surface area contributed by atoms with E-state index in [2.05, 4.69) is 63.3 Å². The smallest absolute Gasteiger partial charge is 0.426 e. The van der Waals surface area contributed by atoms with Crippen molar-refractivity contribution in [1.29, 1.82) is 0 Å². The maximum atomic E-state index is 11.8. The number of rotatable bonds is 5. The van der Waals surface area contributed by atoms with Gasteiger partial charge in [0.2, 0.25) is 5.91 Å². The summed E-state index contributed by atoms with van der Waals surface area (Å²) in [6, 6.07) is 5.10. The molecule has 0 aliphatic rings. The summed E-state index contributed by atoms with van der Waals surface area (Å²) >= 11 is 6.49. The van der Waals surface area contributed by atoms with Gasteiger partial charge in [-0.25, -0.2) is 0 Å². The molecule has 4 N–H and O–H groups in total. The summed E-state index contributed by atoms with van der Waals surface area (Å²) in [4.78, 5) is 23.1. The van der Waals surface area contributed by atoms with Crippen LogP contribution in [0, 0.1) is 5.92 Å². The number of nitrogens with one attached hydrogen (secondary N) is 2. The molecule has 6 nitrogen and oxygen atoms in total. The molecule has 2 amide bonds. The second kappa shape index (κ2) is 11.6. The molecule has 0 aromatic heterocycles. The Bertz CT molecular complexity index is 525. The Labute approximate surface area is 153 Å². The predicted octanol–water partition coefficient (Wildman–Crippen LogP) is 1.73. The number of amides is 2. The summed E-state index contributed by atoms with van der Waals surface area (Å²) in [6.45, 7) is 6.25. The van der Waals surface area contributed by atoms with Crippen LogP contribution in [0.25, 0.3) is 0 Å². The van der Waals surface area contributed by atoms with Gasteiger partial charge in [0.15, 0.2) is 0 Å². The molecule has 1 aromatic rings. The van der Waals surface area contributed by atoms with Gasteiger partial charge in [-0.15, -0.1) is 0 Å². The third-order valence-corrected chi connectivity index (χ3v) is 3.25. The Morgan fingerprint density at radius 1 is 1.17 bits per heavy atom. The fourth-order valence-corrected chi connectivity index (χ4v) is 1.98. The van der Waals surface area contributed by atoms with Crippen LogP contribution < -0.4 is 10.6 Å². The maximum absolute atomic E-state index is 11.8. The van der Waals surface area contributed by atoms with Gasteiger partial charge in [-0.1, -0.05) is 36.7 Å². The van der Waals surface area contributed by atoms with Gasteiger partial charge in [0.05, 0.1) is 18.6 Å². The van der Waals surface area contributed by atoms with Crippen LogP contribution >= 0.6 is 31.9 Å². The van der Waals surface area contributed by atoms with Gasteiger partial charge in [-0.3, -0.25) is 9.59 Å². The molecule has 9 heteroatoms. The van der Waals surface area contributed by atoms with E-state index in [-0.39, 0.29) is 13.0 Å². The number of carbonyl (C=O) groups excluding carboxylic acids is 2. The lowest BCUT2D eigenvalue weighted by Crippen LogP contribution is -2.41. The highest BCUT2D eigenvalue weighted by atomic mass is 79.9. The number of hydrogen-bond donors (Lipinski definition) is 4. The first kappa shape index (κ1) is 22.1. The second-order valence-electron chi connectivity index (χ2n) is 5.32. The van der Waals surface area contributed by atoms with E-state index in [0.717, 1.165) is 10.4 Å². The maximum Gasteiger partial charge on any atom is 0.472 e. The minimum absolute atomic E-state index is 0.246. The van der Waals surface area contributed by atoms with Crippen LogP contribution in [0.3, 0.4) is 0 Å². The Balaban J connectivity index is 0.00000108. The van der Waals surface area contributed by atoms with E-state index in [9.17, 15) is 9.59 Å². The van der Waals surface area contributed by atoms with E-state index < -0.39 is 18.9 Å². The molecule has 1 aromatic carbocycles. The monoisotopic (exact) mass is 450 g/mol. The van der Waals surface area contributed by atoms with Crippen LogP contribution in [-0.2, 0) is 4.79 Å². The molecule has 23 heavy (non-hydrogen) atoms. The third kappa shape index (κ3) is 11.3. The van der Waals surface area contributed by atoms with Crippen molar-refractivity contribution in [1.82, 2.24) is 10.6 Å². The molecule has 0 spiro atoms. The van der Waals surface area contributed by atoms with Gasteiger partial charge in [0.25, 0.3) is 5.91 Å². The van der Waals surface area contributed by atoms with Crippen molar-refractivity contribution in [2.45, 2.75) is 20.8 Å². The zero-order valence-corrected chi connectivity index (χ0v) is 16.4. The highest BCUT2D eigenvalue weighted by molar-refractivity contribution is 9.11. The van der Waals surface area contributed by atoms with Gasteiger partial charge in [0, 0.05) is 8.95 Å². The third-order valence-electron chi connectivity index (χ3n) is 2.06. The Hall–Kier alpha value is -0.895. The number of benzene rings is 1. The topological polar surface area (TPSA) is 98.7 Å². The lowest BCUT2D eigenvalue weighted by Gasteiger charge is -2.08. The lowest BCUT2D eigenvalue weighted by molar-refractivity contribution is -0.119. The number of hydrogen-bond acceptors (Lipinski definition) is 4. The van der Waals surface area contributed by atoms with E-state index in [1.54, 1.807) is 18.2 Å².